The topological polar surface area (TPSA) is 32.3 Å². The fourth-order valence-electron chi connectivity index (χ4n) is 2.07. The number of nitrogens with one attached hydrogen (secondary N) is 1. The van der Waals surface area contributed by atoms with Crippen LogP contribution in [0.1, 0.15) is 17.5 Å². The van der Waals surface area contributed by atoms with Crippen LogP contribution in [0.2, 0.25) is 5.02 Å². The van der Waals surface area contributed by atoms with Crippen LogP contribution in [-0.2, 0) is 6.42 Å². The Morgan fingerprint density at radius 3 is 3.00 bits per heavy atom. The zero-order valence-corrected chi connectivity index (χ0v) is 9.64. The van der Waals surface area contributed by atoms with Crippen LogP contribution >= 0.6 is 11.6 Å². The van der Waals surface area contributed by atoms with E-state index in [-0.39, 0.29) is 0 Å². The maximum absolute atomic E-state index is 9.80. The number of aromatic hydroxyl groups is 1. The predicted molar refractivity (Wildman–Crippen MR) is 62.5 cm³/mol. The summed E-state index contributed by atoms with van der Waals surface area (Å²) < 4.78 is 0. The van der Waals surface area contributed by atoms with Gasteiger partial charge in [0.05, 0.1) is 0 Å². The lowest BCUT2D eigenvalue weighted by Crippen LogP contribution is -2.10. The van der Waals surface area contributed by atoms with Crippen molar-refractivity contribution in [2.75, 3.05) is 13.1 Å². The van der Waals surface area contributed by atoms with Gasteiger partial charge in [-0.15, -0.1) is 0 Å². The molecule has 0 spiro atoms. The number of phenols is 1. The molecule has 1 aromatic carbocycles. The van der Waals surface area contributed by atoms with Crippen LogP contribution in [0.5, 0.6) is 5.75 Å². The molecule has 1 aliphatic rings. The van der Waals surface area contributed by atoms with Crippen molar-refractivity contribution in [3.63, 3.8) is 0 Å². The van der Waals surface area contributed by atoms with Crippen LogP contribution in [0.4, 0.5) is 0 Å². The largest absolute Gasteiger partial charge is 0.508 e. The van der Waals surface area contributed by atoms with Crippen molar-refractivity contribution < 1.29 is 5.11 Å². The van der Waals surface area contributed by atoms with E-state index < -0.39 is 0 Å². The standard InChI is InChI=1S/C12H16ClNO/c1-8-4-12(15)10(6-11(8)13)5-9-2-3-14-7-9/h4,6,9,14-15H,2-3,5,7H2,1H3. The molecule has 1 heterocycles. The van der Waals surface area contributed by atoms with Gasteiger partial charge in [-0.2, -0.15) is 0 Å². The fraction of sp³-hybridized carbons (Fsp3) is 0.500. The Labute approximate surface area is 95.3 Å². The molecule has 0 amide bonds. The molecule has 0 saturated carbocycles. The first-order valence-electron chi connectivity index (χ1n) is 5.35. The van der Waals surface area contributed by atoms with E-state index in [1.165, 1.54) is 6.42 Å². The molecule has 0 bridgehead atoms. The molecule has 1 aromatic rings. The summed E-state index contributed by atoms with van der Waals surface area (Å²) in [5.74, 6) is 1.01. The Bertz CT molecular complexity index is 359. The summed E-state index contributed by atoms with van der Waals surface area (Å²) in [7, 11) is 0. The molecule has 2 rings (SSSR count). The minimum absolute atomic E-state index is 0.379. The average molecular weight is 226 g/mol. The van der Waals surface area contributed by atoms with Crippen molar-refractivity contribution in [3.05, 3.63) is 28.3 Å². The van der Waals surface area contributed by atoms with Crippen molar-refractivity contribution in [2.45, 2.75) is 19.8 Å². The van der Waals surface area contributed by atoms with E-state index >= 15 is 0 Å². The van der Waals surface area contributed by atoms with E-state index in [1.54, 1.807) is 6.07 Å². The molecular weight excluding hydrogens is 210 g/mol. The Balaban J connectivity index is 2.16. The van der Waals surface area contributed by atoms with Gasteiger partial charge in [0.15, 0.2) is 0 Å². The first kappa shape index (κ1) is 10.8. The Kier molecular flexibility index (Phi) is 3.17. The van der Waals surface area contributed by atoms with Crippen LogP contribution < -0.4 is 5.32 Å². The maximum atomic E-state index is 9.80. The fourth-order valence-corrected chi connectivity index (χ4v) is 2.26. The van der Waals surface area contributed by atoms with E-state index in [2.05, 4.69) is 5.32 Å². The monoisotopic (exact) mass is 225 g/mol. The van der Waals surface area contributed by atoms with E-state index in [1.807, 2.05) is 13.0 Å². The summed E-state index contributed by atoms with van der Waals surface area (Å²) in [5.41, 5.74) is 1.90. The minimum Gasteiger partial charge on any atom is -0.508 e. The molecule has 2 N–H and O–H groups in total. The molecule has 82 valence electrons. The van der Waals surface area contributed by atoms with Crippen LogP contribution in [0.3, 0.4) is 0 Å². The third kappa shape index (κ3) is 2.44. The van der Waals surface area contributed by atoms with Gasteiger partial charge < -0.3 is 10.4 Å². The second-order valence-electron chi connectivity index (χ2n) is 4.29. The molecule has 0 aromatic heterocycles. The molecule has 1 aliphatic heterocycles. The number of rotatable bonds is 2. The number of benzene rings is 1. The zero-order valence-electron chi connectivity index (χ0n) is 8.89. The maximum Gasteiger partial charge on any atom is 0.119 e. The van der Waals surface area contributed by atoms with Crippen molar-refractivity contribution in [2.24, 2.45) is 5.92 Å². The van der Waals surface area contributed by atoms with Crippen LogP contribution in [0.15, 0.2) is 12.1 Å². The lowest BCUT2D eigenvalue weighted by molar-refractivity contribution is 0.458. The SMILES string of the molecule is Cc1cc(O)c(CC2CCNC2)cc1Cl. The van der Waals surface area contributed by atoms with Crippen molar-refractivity contribution in [1.29, 1.82) is 0 Å². The summed E-state index contributed by atoms with van der Waals surface area (Å²) in [4.78, 5) is 0. The highest BCUT2D eigenvalue weighted by Gasteiger charge is 2.17. The summed E-state index contributed by atoms with van der Waals surface area (Å²) in [6.45, 7) is 4.04. The molecule has 3 heteroatoms. The number of halogens is 1. The molecule has 0 radical (unpaired) electrons. The van der Waals surface area contributed by atoms with Crippen LogP contribution in [-0.4, -0.2) is 18.2 Å². The Morgan fingerprint density at radius 2 is 2.33 bits per heavy atom. The average Bonchev–Trinajstić information content (AvgIpc) is 2.67. The number of hydrogen-bond acceptors (Lipinski definition) is 2. The highest BCUT2D eigenvalue weighted by molar-refractivity contribution is 6.31. The predicted octanol–water partition coefficient (Wildman–Crippen LogP) is 2.51. The van der Waals surface area contributed by atoms with Crippen molar-refractivity contribution >= 4 is 11.6 Å². The van der Waals surface area contributed by atoms with Gasteiger partial charge in [0.25, 0.3) is 0 Å². The smallest absolute Gasteiger partial charge is 0.119 e. The molecule has 0 aliphatic carbocycles. The molecular formula is C12H16ClNO. The van der Waals surface area contributed by atoms with Gasteiger partial charge in [-0.05, 0) is 62.0 Å². The molecule has 1 unspecified atom stereocenters. The summed E-state index contributed by atoms with van der Waals surface area (Å²) >= 11 is 6.04. The van der Waals surface area contributed by atoms with E-state index in [9.17, 15) is 5.11 Å². The number of phenolic OH excluding ortho intramolecular Hbond substituents is 1. The van der Waals surface area contributed by atoms with Gasteiger partial charge in [0.2, 0.25) is 0 Å². The number of aryl methyl sites for hydroxylation is 1. The molecule has 15 heavy (non-hydrogen) atoms. The van der Waals surface area contributed by atoms with Crippen molar-refractivity contribution in [1.82, 2.24) is 5.32 Å². The third-order valence-corrected chi connectivity index (χ3v) is 3.44. The molecule has 1 fully saturated rings. The number of hydrogen-bond donors (Lipinski definition) is 2. The summed E-state index contributed by atoms with van der Waals surface area (Å²) in [6, 6.07) is 3.64. The Morgan fingerprint density at radius 1 is 1.53 bits per heavy atom. The summed E-state index contributed by atoms with van der Waals surface area (Å²) in [6.07, 6.45) is 2.10. The highest BCUT2D eigenvalue weighted by atomic mass is 35.5. The lowest BCUT2D eigenvalue weighted by atomic mass is 9.97. The van der Waals surface area contributed by atoms with Gasteiger partial charge in [0.1, 0.15) is 5.75 Å². The van der Waals surface area contributed by atoms with Gasteiger partial charge >= 0.3 is 0 Å². The quantitative estimate of drug-likeness (QED) is 0.811. The second-order valence-corrected chi connectivity index (χ2v) is 4.70. The first-order valence-corrected chi connectivity index (χ1v) is 5.73. The molecule has 1 atom stereocenters. The van der Waals surface area contributed by atoms with Gasteiger partial charge in [0, 0.05) is 5.02 Å². The highest BCUT2D eigenvalue weighted by Crippen LogP contribution is 2.28. The van der Waals surface area contributed by atoms with Gasteiger partial charge in [-0.1, -0.05) is 11.6 Å². The summed E-state index contributed by atoms with van der Waals surface area (Å²) in [5, 5.41) is 13.9. The second kappa shape index (κ2) is 4.42. The third-order valence-electron chi connectivity index (χ3n) is 3.03. The van der Waals surface area contributed by atoms with Crippen LogP contribution in [0, 0.1) is 12.8 Å². The van der Waals surface area contributed by atoms with Crippen molar-refractivity contribution in [3.8, 4) is 5.75 Å². The molecule has 1 saturated heterocycles. The van der Waals surface area contributed by atoms with E-state index in [4.69, 9.17) is 11.6 Å². The van der Waals surface area contributed by atoms with E-state index in [0.717, 1.165) is 35.7 Å². The lowest BCUT2D eigenvalue weighted by Gasteiger charge is -2.11. The normalized spacial score (nSPS) is 20.8. The molecule has 2 nitrogen and oxygen atoms in total. The van der Waals surface area contributed by atoms with Gasteiger partial charge in [-0.25, -0.2) is 0 Å². The Hall–Kier alpha value is -0.730. The van der Waals surface area contributed by atoms with Gasteiger partial charge in [-0.3, -0.25) is 0 Å². The minimum atomic E-state index is 0.379. The van der Waals surface area contributed by atoms with Crippen LogP contribution in [0.25, 0.3) is 0 Å². The van der Waals surface area contributed by atoms with E-state index in [0.29, 0.717) is 11.7 Å². The zero-order chi connectivity index (χ0) is 10.8. The first-order chi connectivity index (χ1) is 7.16.